The first-order chi connectivity index (χ1) is 9.10. The van der Waals surface area contributed by atoms with E-state index in [0.717, 1.165) is 17.0 Å². The van der Waals surface area contributed by atoms with E-state index >= 15 is 0 Å². The zero-order chi connectivity index (χ0) is 13.8. The lowest BCUT2D eigenvalue weighted by Crippen LogP contribution is -2.02. The summed E-state index contributed by atoms with van der Waals surface area (Å²) in [5, 5.41) is 11.9. The number of nitrogens with zero attached hydrogens (tertiary/aromatic N) is 1. The average Bonchev–Trinajstić information content (AvgIpc) is 2.39. The predicted octanol–water partition coefficient (Wildman–Crippen LogP) is 2.84. The van der Waals surface area contributed by atoms with Gasteiger partial charge in [0.2, 0.25) is 0 Å². The van der Waals surface area contributed by atoms with Crippen molar-refractivity contribution in [3.63, 3.8) is 0 Å². The molecule has 0 saturated heterocycles. The second-order valence-electron chi connectivity index (χ2n) is 4.02. The van der Waals surface area contributed by atoms with Gasteiger partial charge in [-0.3, -0.25) is 0 Å². The zero-order valence-electron chi connectivity index (χ0n) is 10.7. The Morgan fingerprint density at radius 1 is 1.32 bits per heavy atom. The molecule has 2 aromatic rings. The van der Waals surface area contributed by atoms with Gasteiger partial charge in [-0.1, -0.05) is 6.07 Å². The van der Waals surface area contributed by atoms with Crippen LogP contribution in [-0.4, -0.2) is 23.2 Å². The van der Waals surface area contributed by atoms with E-state index in [4.69, 9.17) is 9.84 Å². The van der Waals surface area contributed by atoms with Gasteiger partial charge in [-0.15, -0.1) is 0 Å². The zero-order valence-corrected chi connectivity index (χ0v) is 10.7. The summed E-state index contributed by atoms with van der Waals surface area (Å²) in [4.78, 5) is 14.8. The largest absolute Gasteiger partial charge is 0.496 e. The minimum Gasteiger partial charge on any atom is -0.496 e. The topological polar surface area (TPSA) is 71.5 Å². The lowest BCUT2D eigenvalue weighted by Gasteiger charge is -2.09. The summed E-state index contributed by atoms with van der Waals surface area (Å²) in [7, 11) is 1.62. The highest BCUT2D eigenvalue weighted by Crippen LogP contribution is 2.23. The van der Waals surface area contributed by atoms with Gasteiger partial charge in [0, 0.05) is 5.69 Å². The van der Waals surface area contributed by atoms with Gasteiger partial charge < -0.3 is 15.2 Å². The maximum atomic E-state index is 10.8. The van der Waals surface area contributed by atoms with E-state index in [2.05, 4.69) is 10.3 Å². The maximum Gasteiger partial charge on any atom is 0.354 e. The fourth-order valence-corrected chi connectivity index (χ4v) is 1.73. The van der Waals surface area contributed by atoms with Crippen molar-refractivity contribution in [2.24, 2.45) is 0 Å². The van der Waals surface area contributed by atoms with Crippen LogP contribution >= 0.6 is 0 Å². The van der Waals surface area contributed by atoms with Crippen molar-refractivity contribution in [1.82, 2.24) is 4.98 Å². The molecule has 98 valence electrons. The molecule has 1 aromatic heterocycles. The SMILES string of the molecule is COc1ccc(Nc2cccc(C(=O)O)n2)cc1C. The summed E-state index contributed by atoms with van der Waals surface area (Å²) in [6.07, 6.45) is 0. The molecular weight excluding hydrogens is 244 g/mol. The number of hydrogen-bond donors (Lipinski definition) is 2. The minimum atomic E-state index is -1.05. The Morgan fingerprint density at radius 2 is 2.11 bits per heavy atom. The van der Waals surface area contributed by atoms with Gasteiger partial charge in [0.05, 0.1) is 7.11 Å². The number of pyridine rings is 1. The monoisotopic (exact) mass is 258 g/mol. The molecule has 0 amide bonds. The average molecular weight is 258 g/mol. The summed E-state index contributed by atoms with van der Waals surface area (Å²) >= 11 is 0. The third-order valence-corrected chi connectivity index (χ3v) is 2.64. The van der Waals surface area contributed by atoms with Crippen LogP contribution in [0.4, 0.5) is 11.5 Å². The Labute approximate surface area is 110 Å². The Bertz CT molecular complexity index is 611. The summed E-state index contributed by atoms with van der Waals surface area (Å²) in [6, 6.07) is 10.4. The lowest BCUT2D eigenvalue weighted by molar-refractivity contribution is 0.0690. The second-order valence-corrected chi connectivity index (χ2v) is 4.02. The molecule has 0 unspecified atom stereocenters. The van der Waals surface area contributed by atoms with E-state index in [0.29, 0.717) is 5.82 Å². The smallest absolute Gasteiger partial charge is 0.354 e. The number of carbonyl (C=O) groups is 1. The van der Waals surface area contributed by atoms with Gasteiger partial charge in [0.15, 0.2) is 5.69 Å². The Morgan fingerprint density at radius 3 is 2.74 bits per heavy atom. The van der Waals surface area contributed by atoms with Gasteiger partial charge in [-0.2, -0.15) is 0 Å². The van der Waals surface area contributed by atoms with Gasteiger partial charge in [-0.25, -0.2) is 9.78 Å². The standard InChI is InChI=1S/C14H14N2O3/c1-9-8-10(6-7-12(9)19-2)15-13-5-3-4-11(16-13)14(17)18/h3-8H,1-2H3,(H,15,16)(H,17,18). The molecule has 5 nitrogen and oxygen atoms in total. The quantitative estimate of drug-likeness (QED) is 0.882. The normalized spacial score (nSPS) is 10.0. The van der Waals surface area contributed by atoms with E-state index in [1.165, 1.54) is 6.07 Å². The van der Waals surface area contributed by atoms with Crippen molar-refractivity contribution in [3.8, 4) is 5.75 Å². The van der Waals surface area contributed by atoms with Crippen molar-refractivity contribution in [1.29, 1.82) is 0 Å². The van der Waals surface area contributed by atoms with E-state index in [-0.39, 0.29) is 5.69 Å². The Hall–Kier alpha value is -2.56. The number of ether oxygens (including phenoxy) is 1. The number of hydrogen-bond acceptors (Lipinski definition) is 4. The van der Waals surface area contributed by atoms with Gasteiger partial charge >= 0.3 is 5.97 Å². The molecule has 0 aliphatic rings. The Kier molecular flexibility index (Phi) is 3.66. The van der Waals surface area contributed by atoms with Crippen LogP contribution in [0.1, 0.15) is 16.1 Å². The number of aryl methyl sites for hydroxylation is 1. The number of rotatable bonds is 4. The van der Waals surface area contributed by atoms with Crippen LogP contribution in [0.15, 0.2) is 36.4 Å². The highest BCUT2D eigenvalue weighted by molar-refractivity contribution is 5.85. The van der Waals surface area contributed by atoms with Crippen molar-refractivity contribution in [2.75, 3.05) is 12.4 Å². The first kappa shape index (κ1) is 12.9. The van der Waals surface area contributed by atoms with Crippen LogP contribution in [0.25, 0.3) is 0 Å². The number of nitrogens with one attached hydrogen (secondary N) is 1. The molecule has 0 aliphatic carbocycles. The number of methoxy groups -OCH3 is 1. The lowest BCUT2D eigenvalue weighted by atomic mass is 10.2. The van der Waals surface area contributed by atoms with Crippen molar-refractivity contribution in [3.05, 3.63) is 47.7 Å². The van der Waals surface area contributed by atoms with Crippen LogP contribution < -0.4 is 10.1 Å². The van der Waals surface area contributed by atoms with Crippen molar-refractivity contribution < 1.29 is 14.6 Å². The summed E-state index contributed by atoms with van der Waals surface area (Å²) in [5.41, 5.74) is 1.82. The van der Waals surface area contributed by atoms with Crippen LogP contribution in [0.2, 0.25) is 0 Å². The van der Waals surface area contributed by atoms with E-state index in [1.54, 1.807) is 19.2 Å². The summed E-state index contributed by atoms with van der Waals surface area (Å²) in [5.74, 6) is 0.247. The van der Waals surface area contributed by atoms with Crippen LogP contribution in [0.5, 0.6) is 5.75 Å². The first-order valence-corrected chi connectivity index (χ1v) is 5.72. The molecule has 0 radical (unpaired) electrons. The van der Waals surface area contributed by atoms with E-state index < -0.39 is 5.97 Å². The van der Waals surface area contributed by atoms with Gasteiger partial charge in [-0.05, 0) is 42.8 Å². The Balaban J connectivity index is 2.23. The number of aromatic nitrogens is 1. The van der Waals surface area contributed by atoms with Crippen molar-refractivity contribution >= 4 is 17.5 Å². The molecule has 19 heavy (non-hydrogen) atoms. The molecule has 0 atom stereocenters. The highest BCUT2D eigenvalue weighted by Gasteiger charge is 2.06. The number of carboxylic acids is 1. The maximum absolute atomic E-state index is 10.8. The molecule has 2 N–H and O–H groups in total. The van der Waals surface area contributed by atoms with Crippen LogP contribution in [0, 0.1) is 6.92 Å². The highest BCUT2D eigenvalue weighted by atomic mass is 16.5. The van der Waals surface area contributed by atoms with E-state index in [9.17, 15) is 4.79 Å². The molecule has 1 heterocycles. The number of carboxylic acid groups (broad SMARTS) is 1. The molecule has 0 aliphatic heterocycles. The molecule has 0 bridgehead atoms. The number of aromatic carboxylic acids is 1. The molecule has 0 saturated carbocycles. The van der Waals surface area contributed by atoms with E-state index in [1.807, 2.05) is 25.1 Å². The second kappa shape index (κ2) is 5.39. The van der Waals surface area contributed by atoms with Crippen molar-refractivity contribution in [2.45, 2.75) is 6.92 Å². The predicted molar refractivity (Wildman–Crippen MR) is 72.2 cm³/mol. The van der Waals surface area contributed by atoms with Crippen LogP contribution in [-0.2, 0) is 0 Å². The fraction of sp³-hybridized carbons (Fsp3) is 0.143. The third-order valence-electron chi connectivity index (χ3n) is 2.64. The third kappa shape index (κ3) is 3.01. The van der Waals surface area contributed by atoms with Gasteiger partial charge in [0.25, 0.3) is 0 Å². The van der Waals surface area contributed by atoms with Gasteiger partial charge in [0.1, 0.15) is 11.6 Å². The molecule has 5 heteroatoms. The summed E-state index contributed by atoms with van der Waals surface area (Å²) in [6.45, 7) is 1.94. The summed E-state index contributed by atoms with van der Waals surface area (Å²) < 4.78 is 5.18. The molecule has 0 fully saturated rings. The fourth-order valence-electron chi connectivity index (χ4n) is 1.73. The molecule has 1 aromatic carbocycles. The molecule has 0 spiro atoms. The number of benzene rings is 1. The molecular formula is C14H14N2O3. The number of anilines is 2. The first-order valence-electron chi connectivity index (χ1n) is 5.72. The van der Waals surface area contributed by atoms with Crippen LogP contribution in [0.3, 0.4) is 0 Å². The minimum absolute atomic E-state index is 0.00948. The molecule has 2 rings (SSSR count).